The van der Waals surface area contributed by atoms with Crippen LogP contribution in [0.2, 0.25) is 0 Å². The zero-order valence-corrected chi connectivity index (χ0v) is 24.0. The lowest BCUT2D eigenvalue weighted by Crippen LogP contribution is -2.38. The lowest BCUT2D eigenvalue weighted by Gasteiger charge is -2.26. The topological polar surface area (TPSA) is 69.6 Å². The average molecular weight is 676 g/mol. The molecule has 2 heterocycles. The Morgan fingerprint density at radius 2 is 1.27 bits per heavy atom. The first-order valence-electron chi connectivity index (χ1n) is 11.4. The van der Waals surface area contributed by atoms with Crippen molar-refractivity contribution in [3.8, 4) is 0 Å². The smallest absolute Gasteiger partial charge is 0.335 e. The van der Waals surface area contributed by atoms with Crippen LogP contribution in [0.15, 0.2) is 48.5 Å². The lowest BCUT2D eigenvalue weighted by atomic mass is 10.2. The van der Waals surface area contributed by atoms with Crippen LogP contribution in [0.4, 0.5) is 0 Å². The zero-order chi connectivity index (χ0) is 24.5. The molecule has 0 bridgehead atoms. The molecule has 0 aromatic heterocycles. The maximum absolute atomic E-state index is 12.3. The highest BCUT2D eigenvalue weighted by Crippen LogP contribution is 2.25. The molecule has 2 aliphatic heterocycles. The predicted octanol–water partition coefficient (Wildman–Crippen LogP) is 6.44. The Balaban J connectivity index is 0.000000193. The van der Waals surface area contributed by atoms with E-state index in [4.69, 9.17) is 5.11 Å². The minimum absolute atomic E-state index is 0.177. The second kappa shape index (κ2) is 13.6. The molecule has 180 valence electrons. The van der Waals surface area contributed by atoms with Gasteiger partial charge >= 0.3 is 5.97 Å². The fraction of sp³-hybridized carbons (Fsp3) is 0.462. The molecule has 2 aromatic rings. The van der Waals surface area contributed by atoms with Crippen molar-refractivity contribution in [1.82, 2.24) is 10.2 Å². The van der Waals surface area contributed by atoms with Crippen molar-refractivity contribution >= 4 is 57.1 Å². The molecule has 0 saturated carbocycles. The number of hydrogen-bond donors (Lipinski definition) is 2. The molecule has 0 radical (unpaired) electrons. The van der Waals surface area contributed by atoms with Gasteiger partial charge in [-0.2, -0.15) is 0 Å². The number of carboxylic acids is 1. The molecule has 4 rings (SSSR count). The summed E-state index contributed by atoms with van der Waals surface area (Å²) in [5.74, 6) is -0.700. The second-order valence-corrected chi connectivity index (χ2v) is 11.4. The van der Waals surface area contributed by atoms with E-state index in [1.165, 1.54) is 12.8 Å². The Morgan fingerprint density at radius 1 is 0.818 bits per heavy atom. The predicted molar refractivity (Wildman–Crippen MR) is 151 cm³/mol. The van der Waals surface area contributed by atoms with Gasteiger partial charge in [0.05, 0.1) is 5.56 Å². The lowest BCUT2D eigenvalue weighted by molar-refractivity contribution is 0.0685. The standard InChI is InChI=1S/C13H16INO.C7H5IO2.C6H13N/c1-9-6-7-10(2)15(9)13(16)11-4-3-5-12(14)8-11;8-6-3-1-2-5(4-6)7(9)10;1-5-3-4-6(2)7-5/h3-5,8-10H,6-7H2,1-2H3;1-4H,(H,9,10);5-7H,3-4H2,1-2H3/t9-,10-;;5-,6-/m1.1/s1. The van der Waals surface area contributed by atoms with Crippen LogP contribution in [-0.4, -0.2) is 46.1 Å². The van der Waals surface area contributed by atoms with Crippen molar-refractivity contribution in [2.45, 2.75) is 77.5 Å². The molecule has 0 spiro atoms. The number of carboxylic acid groups (broad SMARTS) is 1. The molecule has 4 atom stereocenters. The Hall–Kier alpha value is -1.20. The largest absolute Gasteiger partial charge is 0.478 e. The van der Waals surface area contributed by atoms with Crippen molar-refractivity contribution < 1.29 is 14.7 Å². The molecule has 33 heavy (non-hydrogen) atoms. The SMILES string of the molecule is C[C@@H]1CC[C@@H](C)N1.C[C@@H]1CC[C@@H](C)N1C(=O)c1cccc(I)c1.O=C(O)c1cccc(I)c1. The molecule has 2 saturated heterocycles. The molecule has 0 aliphatic carbocycles. The van der Waals surface area contributed by atoms with Crippen LogP contribution in [0, 0.1) is 7.14 Å². The highest BCUT2D eigenvalue weighted by atomic mass is 127. The third-order valence-electron chi connectivity index (χ3n) is 5.93. The van der Waals surface area contributed by atoms with Crippen LogP contribution in [0.25, 0.3) is 0 Å². The molecule has 2 aromatic carbocycles. The van der Waals surface area contributed by atoms with Crippen LogP contribution < -0.4 is 5.32 Å². The summed E-state index contributed by atoms with van der Waals surface area (Å²) in [6.45, 7) is 8.75. The monoisotopic (exact) mass is 676 g/mol. The number of aromatic carboxylic acids is 1. The highest BCUT2D eigenvalue weighted by molar-refractivity contribution is 14.1. The minimum Gasteiger partial charge on any atom is -0.478 e. The number of rotatable bonds is 2. The number of benzene rings is 2. The van der Waals surface area contributed by atoms with Gasteiger partial charge in [0.1, 0.15) is 0 Å². The summed E-state index contributed by atoms with van der Waals surface area (Å²) >= 11 is 4.32. The van der Waals surface area contributed by atoms with Crippen LogP contribution in [0.3, 0.4) is 0 Å². The van der Waals surface area contributed by atoms with Gasteiger partial charge in [0.15, 0.2) is 0 Å². The summed E-state index contributed by atoms with van der Waals surface area (Å²) in [6, 6.07) is 16.9. The highest BCUT2D eigenvalue weighted by Gasteiger charge is 2.31. The molecular formula is C26H34I2N2O3. The summed E-state index contributed by atoms with van der Waals surface area (Å²) in [6.07, 6.45) is 4.97. The molecule has 2 aliphatic rings. The molecule has 1 amide bonds. The second-order valence-electron chi connectivity index (χ2n) is 8.86. The van der Waals surface area contributed by atoms with E-state index >= 15 is 0 Å². The van der Waals surface area contributed by atoms with Crippen LogP contribution in [-0.2, 0) is 0 Å². The summed E-state index contributed by atoms with van der Waals surface area (Å²) in [4.78, 5) is 24.7. The van der Waals surface area contributed by atoms with E-state index < -0.39 is 5.97 Å². The van der Waals surface area contributed by atoms with E-state index in [2.05, 4.69) is 78.2 Å². The van der Waals surface area contributed by atoms with Gasteiger partial charge in [-0.15, -0.1) is 0 Å². The Kier molecular flexibility index (Phi) is 11.6. The summed E-state index contributed by atoms with van der Waals surface area (Å²) < 4.78 is 2.06. The molecule has 0 unspecified atom stereocenters. The van der Waals surface area contributed by atoms with E-state index in [-0.39, 0.29) is 5.91 Å². The Morgan fingerprint density at radius 3 is 1.64 bits per heavy atom. The van der Waals surface area contributed by atoms with Crippen molar-refractivity contribution in [2.24, 2.45) is 0 Å². The fourth-order valence-corrected chi connectivity index (χ4v) is 5.23. The van der Waals surface area contributed by atoms with E-state index in [1.54, 1.807) is 18.2 Å². The van der Waals surface area contributed by atoms with Gasteiger partial charge in [-0.25, -0.2) is 4.79 Å². The summed E-state index contributed by atoms with van der Waals surface area (Å²) in [5.41, 5.74) is 1.15. The van der Waals surface area contributed by atoms with Crippen LogP contribution >= 0.6 is 45.2 Å². The van der Waals surface area contributed by atoms with E-state index in [0.717, 1.165) is 37.6 Å². The van der Waals surface area contributed by atoms with Gasteiger partial charge < -0.3 is 15.3 Å². The van der Waals surface area contributed by atoms with Gasteiger partial charge in [0.2, 0.25) is 0 Å². The quantitative estimate of drug-likeness (QED) is 0.360. The van der Waals surface area contributed by atoms with Crippen molar-refractivity contribution in [1.29, 1.82) is 0 Å². The third-order valence-corrected chi connectivity index (χ3v) is 7.27. The molecule has 7 heteroatoms. The first kappa shape index (κ1) is 28.0. The number of carbonyl (C=O) groups is 2. The molecule has 2 fully saturated rings. The van der Waals surface area contributed by atoms with Gasteiger partial charge in [-0.1, -0.05) is 12.1 Å². The van der Waals surface area contributed by atoms with E-state index in [0.29, 0.717) is 17.6 Å². The minimum atomic E-state index is -0.876. The number of halogens is 2. The van der Waals surface area contributed by atoms with Gasteiger partial charge in [-0.3, -0.25) is 4.79 Å². The van der Waals surface area contributed by atoms with Gasteiger partial charge in [-0.05, 0) is 135 Å². The average Bonchev–Trinajstić information content (AvgIpc) is 3.31. The van der Waals surface area contributed by atoms with Crippen LogP contribution in [0.5, 0.6) is 0 Å². The molecule has 5 nitrogen and oxygen atoms in total. The molecule has 2 N–H and O–H groups in total. The zero-order valence-electron chi connectivity index (χ0n) is 19.7. The van der Waals surface area contributed by atoms with Gasteiger partial charge in [0, 0.05) is 36.9 Å². The first-order valence-corrected chi connectivity index (χ1v) is 13.6. The Bertz CT molecular complexity index is 919. The van der Waals surface area contributed by atoms with Crippen LogP contribution in [0.1, 0.15) is 74.1 Å². The number of likely N-dealkylation sites (tertiary alicyclic amines) is 1. The fourth-order valence-electron chi connectivity index (χ4n) is 4.14. The van der Waals surface area contributed by atoms with Gasteiger partial charge in [0.25, 0.3) is 5.91 Å². The van der Waals surface area contributed by atoms with E-state index in [9.17, 15) is 9.59 Å². The first-order chi connectivity index (χ1) is 15.6. The number of amides is 1. The number of nitrogens with zero attached hydrogens (tertiary/aromatic N) is 1. The summed E-state index contributed by atoms with van der Waals surface area (Å²) in [7, 11) is 0. The van der Waals surface area contributed by atoms with E-state index in [1.807, 2.05) is 35.2 Å². The van der Waals surface area contributed by atoms with Crippen molar-refractivity contribution in [3.63, 3.8) is 0 Å². The third kappa shape index (κ3) is 9.16. The normalized spacial score (nSPS) is 23.8. The number of nitrogens with one attached hydrogen (secondary N) is 1. The number of carbonyl (C=O) groups excluding carboxylic acids is 1. The Labute approximate surface area is 225 Å². The maximum Gasteiger partial charge on any atom is 0.335 e. The van der Waals surface area contributed by atoms with Crippen molar-refractivity contribution in [3.05, 3.63) is 66.8 Å². The maximum atomic E-state index is 12.3. The number of hydrogen-bond acceptors (Lipinski definition) is 3. The summed E-state index contributed by atoms with van der Waals surface area (Å²) in [5, 5.41) is 11.9. The van der Waals surface area contributed by atoms with Crippen molar-refractivity contribution in [2.75, 3.05) is 0 Å². The molecular weight excluding hydrogens is 642 g/mol.